The second-order valence-corrected chi connectivity index (χ2v) is 4.59. The second-order valence-electron chi connectivity index (χ2n) is 4.59. The predicted octanol–water partition coefficient (Wildman–Crippen LogP) is 2.35. The van der Waals surface area contributed by atoms with Crippen molar-refractivity contribution in [2.24, 2.45) is 5.73 Å². The first kappa shape index (κ1) is 11.3. The fraction of sp³-hybridized carbons (Fsp3) is 0.286. The molecule has 0 saturated heterocycles. The Hall–Kier alpha value is -1.81. The van der Waals surface area contributed by atoms with E-state index in [-0.39, 0.29) is 11.7 Å². The van der Waals surface area contributed by atoms with Gasteiger partial charge in [-0.1, -0.05) is 6.07 Å². The molecule has 18 heavy (non-hydrogen) atoms. The summed E-state index contributed by atoms with van der Waals surface area (Å²) < 4.78 is 13.7. The fourth-order valence-electron chi connectivity index (χ4n) is 2.63. The van der Waals surface area contributed by atoms with Crippen LogP contribution < -0.4 is 5.73 Å². The molecule has 0 aromatic carbocycles. The van der Waals surface area contributed by atoms with Crippen LogP contribution in [0.5, 0.6) is 0 Å². The number of pyridine rings is 2. The molecule has 2 aromatic rings. The molecular formula is C14H14FN3. The number of rotatable bonds is 2. The highest BCUT2D eigenvalue weighted by atomic mass is 19.1. The Kier molecular flexibility index (Phi) is 2.80. The van der Waals surface area contributed by atoms with E-state index in [1.165, 1.54) is 11.6 Å². The van der Waals surface area contributed by atoms with Gasteiger partial charge < -0.3 is 5.73 Å². The minimum Gasteiger partial charge on any atom is -0.322 e. The van der Waals surface area contributed by atoms with Crippen LogP contribution in [0.3, 0.4) is 0 Å². The van der Waals surface area contributed by atoms with E-state index in [1.54, 1.807) is 18.5 Å². The molecular weight excluding hydrogens is 229 g/mol. The van der Waals surface area contributed by atoms with Gasteiger partial charge in [-0.3, -0.25) is 9.97 Å². The van der Waals surface area contributed by atoms with Gasteiger partial charge in [0.1, 0.15) is 5.82 Å². The van der Waals surface area contributed by atoms with Gasteiger partial charge in [0.2, 0.25) is 0 Å². The summed E-state index contributed by atoms with van der Waals surface area (Å²) in [7, 11) is 0. The molecule has 2 atom stereocenters. The summed E-state index contributed by atoms with van der Waals surface area (Å²) in [6.45, 7) is 0. The standard InChI is InChI=1S/C14H14FN3/c15-11-4-2-8-18-14(11)12(16)10-6-5-9-3-1-7-17-13(9)10/h1-4,7-8,10,12H,5-6,16H2. The zero-order valence-electron chi connectivity index (χ0n) is 9.88. The van der Waals surface area contributed by atoms with Crippen LogP contribution in [0.1, 0.15) is 35.3 Å². The Bertz CT molecular complexity index is 570. The number of aromatic nitrogens is 2. The summed E-state index contributed by atoms with van der Waals surface area (Å²) in [6, 6.07) is 6.53. The summed E-state index contributed by atoms with van der Waals surface area (Å²) >= 11 is 0. The highest BCUT2D eigenvalue weighted by Gasteiger charge is 2.31. The van der Waals surface area contributed by atoms with Gasteiger partial charge in [0.05, 0.1) is 11.7 Å². The molecule has 0 fully saturated rings. The summed E-state index contributed by atoms with van der Waals surface area (Å²) in [5.74, 6) is -0.278. The third-order valence-corrected chi connectivity index (χ3v) is 3.54. The van der Waals surface area contributed by atoms with Crippen LogP contribution in [-0.2, 0) is 6.42 Å². The van der Waals surface area contributed by atoms with Crippen molar-refractivity contribution in [1.29, 1.82) is 0 Å². The summed E-state index contributed by atoms with van der Waals surface area (Å²) in [6.07, 6.45) is 5.20. The lowest BCUT2D eigenvalue weighted by molar-refractivity contribution is 0.493. The normalized spacial score (nSPS) is 19.6. The monoisotopic (exact) mass is 243 g/mol. The molecule has 0 amide bonds. The van der Waals surface area contributed by atoms with Crippen LogP contribution in [0.25, 0.3) is 0 Å². The van der Waals surface area contributed by atoms with E-state index in [9.17, 15) is 4.39 Å². The largest absolute Gasteiger partial charge is 0.322 e. The van der Waals surface area contributed by atoms with E-state index in [0.29, 0.717) is 5.69 Å². The topological polar surface area (TPSA) is 51.8 Å². The van der Waals surface area contributed by atoms with Gasteiger partial charge in [-0.05, 0) is 36.6 Å². The minimum atomic E-state index is -0.428. The molecule has 0 spiro atoms. The predicted molar refractivity (Wildman–Crippen MR) is 66.4 cm³/mol. The molecule has 3 rings (SSSR count). The summed E-state index contributed by atoms with van der Waals surface area (Å²) in [4.78, 5) is 8.45. The maximum absolute atomic E-state index is 13.7. The Morgan fingerprint density at radius 3 is 2.83 bits per heavy atom. The fourth-order valence-corrected chi connectivity index (χ4v) is 2.63. The molecule has 0 saturated carbocycles. The number of halogens is 1. The Labute approximate surface area is 105 Å². The molecule has 4 heteroatoms. The van der Waals surface area contributed by atoms with Gasteiger partial charge >= 0.3 is 0 Å². The second kappa shape index (κ2) is 4.46. The van der Waals surface area contributed by atoms with Crippen molar-refractivity contribution in [3.8, 4) is 0 Å². The Balaban J connectivity index is 1.96. The lowest BCUT2D eigenvalue weighted by Crippen LogP contribution is -2.21. The van der Waals surface area contributed by atoms with E-state index in [0.717, 1.165) is 18.5 Å². The van der Waals surface area contributed by atoms with Crippen molar-refractivity contribution in [3.05, 3.63) is 59.4 Å². The first-order valence-corrected chi connectivity index (χ1v) is 6.07. The lowest BCUT2D eigenvalue weighted by atomic mass is 9.94. The zero-order valence-corrected chi connectivity index (χ0v) is 9.88. The lowest BCUT2D eigenvalue weighted by Gasteiger charge is -2.19. The molecule has 3 nitrogen and oxygen atoms in total. The van der Waals surface area contributed by atoms with Crippen LogP contribution >= 0.6 is 0 Å². The number of hydrogen-bond donors (Lipinski definition) is 1. The molecule has 2 N–H and O–H groups in total. The van der Waals surface area contributed by atoms with E-state index in [2.05, 4.69) is 16.0 Å². The number of hydrogen-bond acceptors (Lipinski definition) is 3. The average Bonchev–Trinajstić information content (AvgIpc) is 2.82. The van der Waals surface area contributed by atoms with Crippen molar-refractivity contribution in [1.82, 2.24) is 9.97 Å². The molecule has 0 bridgehead atoms. The van der Waals surface area contributed by atoms with Gasteiger partial charge in [0.15, 0.2) is 0 Å². The highest BCUT2D eigenvalue weighted by molar-refractivity contribution is 5.31. The summed E-state index contributed by atoms with van der Waals surface area (Å²) in [5, 5.41) is 0. The summed E-state index contributed by atoms with van der Waals surface area (Å²) in [5.41, 5.74) is 8.72. The third-order valence-electron chi connectivity index (χ3n) is 3.54. The van der Waals surface area contributed by atoms with Gasteiger partial charge in [0.25, 0.3) is 0 Å². The van der Waals surface area contributed by atoms with Gasteiger partial charge in [-0.2, -0.15) is 0 Å². The third kappa shape index (κ3) is 1.78. The van der Waals surface area contributed by atoms with Crippen LogP contribution in [0, 0.1) is 5.82 Å². The van der Waals surface area contributed by atoms with E-state index in [4.69, 9.17) is 5.73 Å². The number of fused-ring (bicyclic) bond motifs is 1. The molecule has 1 aliphatic rings. The Morgan fingerprint density at radius 2 is 2.00 bits per heavy atom. The molecule has 0 aliphatic heterocycles. The van der Waals surface area contributed by atoms with Crippen molar-refractivity contribution >= 4 is 0 Å². The van der Waals surface area contributed by atoms with Crippen LogP contribution in [-0.4, -0.2) is 9.97 Å². The average molecular weight is 243 g/mol. The Morgan fingerprint density at radius 1 is 1.22 bits per heavy atom. The van der Waals surface area contributed by atoms with Crippen molar-refractivity contribution in [2.45, 2.75) is 24.8 Å². The molecule has 0 radical (unpaired) electrons. The first-order chi connectivity index (χ1) is 8.77. The van der Waals surface area contributed by atoms with Gasteiger partial charge in [-0.25, -0.2) is 4.39 Å². The maximum atomic E-state index is 13.7. The van der Waals surface area contributed by atoms with E-state index >= 15 is 0 Å². The molecule has 92 valence electrons. The van der Waals surface area contributed by atoms with Crippen LogP contribution in [0.4, 0.5) is 4.39 Å². The quantitative estimate of drug-likeness (QED) is 0.880. The first-order valence-electron chi connectivity index (χ1n) is 6.07. The van der Waals surface area contributed by atoms with Gasteiger partial charge in [0, 0.05) is 24.0 Å². The van der Waals surface area contributed by atoms with Crippen LogP contribution in [0.2, 0.25) is 0 Å². The molecule has 2 heterocycles. The van der Waals surface area contributed by atoms with E-state index in [1.807, 2.05) is 6.07 Å². The van der Waals surface area contributed by atoms with Crippen molar-refractivity contribution < 1.29 is 4.39 Å². The zero-order chi connectivity index (χ0) is 12.5. The number of nitrogens with zero attached hydrogens (tertiary/aromatic N) is 2. The van der Waals surface area contributed by atoms with Crippen molar-refractivity contribution in [2.75, 3.05) is 0 Å². The minimum absolute atomic E-state index is 0.0607. The van der Waals surface area contributed by atoms with Gasteiger partial charge in [-0.15, -0.1) is 0 Å². The highest BCUT2D eigenvalue weighted by Crippen LogP contribution is 2.38. The molecule has 2 unspecified atom stereocenters. The van der Waals surface area contributed by atoms with Crippen LogP contribution in [0.15, 0.2) is 36.7 Å². The SMILES string of the molecule is NC(c1ncccc1F)C1CCc2cccnc21. The number of aryl methyl sites for hydroxylation is 1. The molecule has 1 aliphatic carbocycles. The molecule has 2 aromatic heterocycles. The van der Waals surface area contributed by atoms with Crippen molar-refractivity contribution in [3.63, 3.8) is 0 Å². The maximum Gasteiger partial charge on any atom is 0.146 e. The number of nitrogens with two attached hydrogens (primary N) is 1. The van der Waals surface area contributed by atoms with E-state index < -0.39 is 6.04 Å². The smallest absolute Gasteiger partial charge is 0.146 e.